The van der Waals surface area contributed by atoms with Gasteiger partial charge in [0.05, 0.1) is 11.9 Å². The van der Waals surface area contributed by atoms with E-state index in [0.717, 1.165) is 11.5 Å². The molecule has 0 saturated heterocycles. The Morgan fingerprint density at radius 3 is 2.05 bits per heavy atom. The molecule has 1 aromatic heterocycles. The standard InChI is InChI=1S/C17H24N4/c1-13(14-6-9-16(10-7-14)20(2)3)19-15-8-11-17(18-12-15)21(4)5/h6-13,19H,1-5H3. The zero-order valence-corrected chi connectivity index (χ0v) is 13.5. The molecule has 0 aliphatic rings. The summed E-state index contributed by atoms with van der Waals surface area (Å²) in [5, 5.41) is 3.48. The summed E-state index contributed by atoms with van der Waals surface area (Å²) in [5.74, 6) is 0.962. The first-order chi connectivity index (χ1) is 9.97. The molecule has 1 heterocycles. The number of aromatic nitrogens is 1. The number of nitrogens with one attached hydrogen (secondary N) is 1. The third-order valence-corrected chi connectivity index (χ3v) is 3.50. The van der Waals surface area contributed by atoms with Crippen LogP contribution in [0.5, 0.6) is 0 Å². The minimum Gasteiger partial charge on any atom is -0.378 e. The van der Waals surface area contributed by atoms with Crippen LogP contribution >= 0.6 is 0 Å². The van der Waals surface area contributed by atoms with Crippen molar-refractivity contribution in [1.29, 1.82) is 0 Å². The number of rotatable bonds is 5. The van der Waals surface area contributed by atoms with E-state index >= 15 is 0 Å². The molecule has 4 heteroatoms. The fourth-order valence-electron chi connectivity index (χ4n) is 2.13. The highest BCUT2D eigenvalue weighted by Gasteiger charge is 2.06. The second-order valence-electron chi connectivity index (χ2n) is 5.65. The Hall–Kier alpha value is -2.23. The third kappa shape index (κ3) is 3.88. The fraction of sp³-hybridized carbons (Fsp3) is 0.353. The van der Waals surface area contributed by atoms with E-state index in [9.17, 15) is 0 Å². The number of hydrogen-bond donors (Lipinski definition) is 1. The predicted molar refractivity (Wildman–Crippen MR) is 91.4 cm³/mol. The average Bonchev–Trinajstić information content (AvgIpc) is 2.47. The van der Waals surface area contributed by atoms with Crippen LogP contribution in [0.2, 0.25) is 0 Å². The van der Waals surface area contributed by atoms with Gasteiger partial charge in [-0.2, -0.15) is 0 Å². The molecular weight excluding hydrogens is 260 g/mol. The highest BCUT2D eigenvalue weighted by molar-refractivity contribution is 5.51. The topological polar surface area (TPSA) is 31.4 Å². The number of pyridine rings is 1. The maximum absolute atomic E-state index is 4.42. The lowest BCUT2D eigenvalue weighted by Gasteiger charge is -2.18. The van der Waals surface area contributed by atoms with Gasteiger partial charge in [0.15, 0.2) is 0 Å². The van der Waals surface area contributed by atoms with Gasteiger partial charge in [-0.25, -0.2) is 4.98 Å². The predicted octanol–water partition coefficient (Wildman–Crippen LogP) is 3.39. The van der Waals surface area contributed by atoms with Gasteiger partial charge in [0, 0.05) is 39.9 Å². The lowest BCUT2D eigenvalue weighted by molar-refractivity contribution is 0.881. The van der Waals surface area contributed by atoms with Gasteiger partial charge in [-0.1, -0.05) is 12.1 Å². The van der Waals surface area contributed by atoms with E-state index in [1.807, 2.05) is 31.3 Å². The lowest BCUT2D eigenvalue weighted by atomic mass is 10.1. The summed E-state index contributed by atoms with van der Waals surface area (Å²) >= 11 is 0. The maximum atomic E-state index is 4.42. The number of benzene rings is 1. The molecular formula is C17H24N4. The van der Waals surface area contributed by atoms with Gasteiger partial charge >= 0.3 is 0 Å². The molecule has 0 fully saturated rings. The molecule has 1 unspecified atom stereocenters. The van der Waals surface area contributed by atoms with Crippen molar-refractivity contribution in [3.05, 3.63) is 48.2 Å². The van der Waals surface area contributed by atoms with Gasteiger partial charge in [-0.3, -0.25) is 0 Å². The van der Waals surface area contributed by atoms with Crippen molar-refractivity contribution in [2.45, 2.75) is 13.0 Å². The molecule has 112 valence electrons. The van der Waals surface area contributed by atoms with Crippen LogP contribution in [-0.2, 0) is 0 Å². The molecule has 0 spiro atoms. The molecule has 0 radical (unpaired) electrons. The second kappa shape index (κ2) is 6.48. The van der Waals surface area contributed by atoms with Gasteiger partial charge in [0.1, 0.15) is 5.82 Å². The van der Waals surface area contributed by atoms with Crippen LogP contribution in [0.25, 0.3) is 0 Å². The highest BCUT2D eigenvalue weighted by atomic mass is 15.1. The summed E-state index contributed by atoms with van der Waals surface area (Å²) in [4.78, 5) is 8.52. The summed E-state index contributed by atoms with van der Waals surface area (Å²) in [6.07, 6.45) is 1.88. The Kier molecular flexibility index (Phi) is 4.68. The Bertz CT molecular complexity index is 558. The minimum absolute atomic E-state index is 0.244. The van der Waals surface area contributed by atoms with E-state index in [2.05, 4.69) is 66.6 Å². The molecule has 2 rings (SSSR count). The van der Waals surface area contributed by atoms with Crippen molar-refractivity contribution in [3.63, 3.8) is 0 Å². The van der Waals surface area contributed by atoms with Crippen molar-refractivity contribution < 1.29 is 0 Å². The van der Waals surface area contributed by atoms with Crippen LogP contribution in [0.4, 0.5) is 17.2 Å². The number of anilines is 3. The quantitative estimate of drug-likeness (QED) is 0.912. The van der Waals surface area contributed by atoms with Crippen molar-refractivity contribution in [1.82, 2.24) is 4.98 Å². The molecule has 2 aromatic rings. The molecule has 21 heavy (non-hydrogen) atoms. The largest absolute Gasteiger partial charge is 0.378 e. The van der Waals surface area contributed by atoms with E-state index in [1.165, 1.54) is 11.3 Å². The zero-order chi connectivity index (χ0) is 15.4. The van der Waals surface area contributed by atoms with Gasteiger partial charge in [-0.05, 0) is 36.8 Å². The van der Waals surface area contributed by atoms with Crippen LogP contribution in [0.3, 0.4) is 0 Å². The Balaban J connectivity index is 2.04. The molecule has 0 bridgehead atoms. The Labute approximate surface area is 127 Å². The van der Waals surface area contributed by atoms with E-state index < -0.39 is 0 Å². The molecule has 4 nitrogen and oxygen atoms in total. The summed E-state index contributed by atoms with van der Waals surface area (Å²) in [6, 6.07) is 12.9. The molecule has 1 aromatic carbocycles. The second-order valence-corrected chi connectivity index (χ2v) is 5.65. The van der Waals surface area contributed by atoms with Gasteiger partial charge in [0.2, 0.25) is 0 Å². The van der Waals surface area contributed by atoms with Crippen molar-refractivity contribution >= 4 is 17.2 Å². The van der Waals surface area contributed by atoms with Crippen molar-refractivity contribution in [2.24, 2.45) is 0 Å². The maximum Gasteiger partial charge on any atom is 0.128 e. The van der Waals surface area contributed by atoms with E-state index in [-0.39, 0.29) is 6.04 Å². The van der Waals surface area contributed by atoms with Crippen LogP contribution in [-0.4, -0.2) is 33.2 Å². The highest BCUT2D eigenvalue weighted by Crippen LogP contribution is 2.22. The van der Waals surface area contributed by atoms with Crippen molar-refractivity contribution in [2.75, 3.05) is 43.3 Å². The fourth-order valence-corrected chi connectivity index (χ4v) is 2.13. The third-order valence-electron chi connectivity index (χ3n) is 3.50. The normalized spacial score (nSPS) is 11.9. The first-order valence-corrected chi connectivity index (χ1v) is 7.14. The molecule has 0 saturated carbocycles. The van der Waals surface area contributed by atoms with E-state index in [4.69, 9.17) is 0 Å². The monoisotopic (exact) mass is 284 g/mol. The van der Waals surface area contributed by atoms with E-state index in [1.54, 1.807) is 0 Å². The molecule has 0 aliphatic heterocycles. The molecule has 0 aliphatic carbocycles. The van der Waals surface area contributed by atoms with Crippen molar-refractivity contribution in [3.8, 4) is 0 Å². The SMILES string of the molecule is CC(Nc1ccc(N(C)C)nc1)c1ccc(N(C)C)cc1. The van der Waals surface area contributed by atoms with Gasteiger partial charge in [-0.15, -0.1) is 0 Å². The molecule has 1 atom stereocenters. The van der Waals surface area contributed by atoms with Crippen LogP contribution in [0.15, 0.2) is 42.6 Å². The Morgan fingerprint density at radius 1 is 0.905 bits per heavy atom. The first kappa shape index (κ1) is 15.2. The van der Waals surface area contributed by atoms with Crippen LogP contribution in [0.1, 0.15) is 18.5 Å². The molecule has 0 amide bonds. The molecule has 1 N–H and O–H groups in total. The summed E-state index contributed by atoms with van der Waals surface area (Å²) in [6.45, 7) is 2.16. The summed E-state index contributed by atoms with van der Waals surface area (Å²) in [7, 11) is 8.08. The summed E-state index contributed by atoms with van der Waals surface area (Å²) in [5.41, 5.74) is 3.50. The Morgan fingerprint density at radius 2 is 1.57 bits per heavy atom. The van der Waals surface area contributed by atoms with Gasteiger partial charge in [0.25, 0.3) is 0 Å². The van der Waals surface area contributed by atoms with Crippen LogP contribution in [0, 0.1) is 0 Å². The van der Waals surface area contributed by atoms with E-state index in [0.29, 0.717) is 0 Å². The number of hydrogen-bond acceptors (Lipinski definition) is 4. The van der Waals surface area contributed by atoms with Gasteiger partial charge < -0.3 is 15.1 Å². The first-order valence-electron chi connectivity index (χ1n) is 7.14. The average molecular weight is 284 g/mol. The summed E-state index contributed by atoms with van der Waals surface area (Å²) < 4.78 is 0. The lowest BCUT2D eigenvalue weighted by Crippen LogP contribution is -2.12. The smallest absolute Gasteiger partial charge is 0.128 e. The minimum atomic E-state index is 0.244. The number of nitrogens with zero attached hydrogens (tertiary/aromatic N) is 3. The zero-order valence-electron chi connectivity index (χ0n) is 13.5. The van der Waals surface area contributed by atoms with Crippen LogP contribution < -0.4 is 15.1 Å².